The van der Waals surface area contributed by atoms with Crippen molar-refractivity contribution in [2.45, 2.75) is 5.09 Å². The summed E-state index contributed by atoms with van der Waals surface area (Å²) in [5, 5.41) is 1.70. The van der Waals surface area contributed by atoms with E-state index >= 15 is 0 Å². The van der Waals surface area contributed by atoms with Gasteiger partial charge in [-0.15, -0.1) is 0 Å². The third-order valence-electron chi connectivity index (χ3n) is 0.702. The summed E-state index contributed by atoms with van der Waals surface area (Å²) < 4.78 is 4.99. The molecule has 1 heterocycles. The SMILES string of the molecule is SCSc1ccco1. The monoisotopic (exact) mass is 146 g/mol. The second-order valence-corrected chi connectivity index (χ2v) is 2.93. The maximum Gasteiger partial charge on any atom is 0.160 e. The smallest absolute Gasteiger partial charge is 0.160 e. The van der Waals surface area contributed by atoms with Crippen molar-refractivity contribution in [2.24, 2.45) is 0 Å². The Balaban J connectivity index is 2.50. The van der Waals surface area contributed by atoms with Gasteiger partial charge in [0.25, 0.3) is 0 Å². The van der Waals surface area contributed by atoms with E-state index < -0.39 is 0 Å². The number of thiol groups is 1. The van der Waals surface area contributed by atoms with Crippen molar-refractivity contribution in [3.8, 4) is 0 Å². The second kappa shape index (κ2) is 3.10. The standard InChI is InChI=1S/C5H6OS2/c7-4-8-5-2-1-3-6-5/h1-3,7H,4H2. The van der Waals surface area contributed by atoms with Gasteiger partial charge in [-0.1, -0.05) is 11.8 Å². The Kier molecular flexibility index (Phi) is 2.36. The molecule has 44 valence electrons. The molecule has 0 radical (unpaired) electrons. The molecule has 0 spiro atoms. The molecule has 0 aromatic carbocycles. The first-order valence-corrected chi connectivity index (χ1v) is 3.82. The van der Waals surface area contributed by atoms with Crippen LogP contribution in [0.4, 0.5) is 0 Å². The van der Waals surface area contributed by atoms with E-state index in [1.165, 1.54) is 0 Å². The Morgan fingerprint density at radius 1 is 1.75 bits per heavy atom. The molecule has 0 fully saturated rings. The van der Waals surface area contributed by atoms with Crippen LogP contribution in [0.1, 0.15) is 0 Å². The molecule has 0 N–H and O–H groups in total. The van der Waals surface area contributed by atoms with Crippen LogP contribution in [-0.4, -0.2) is 5.08 Å². The third-order valence-corrected chi connectivity index (χ3v) is 1.74. The van der Waals surface area contributed by atoms with Gasteiger partial charge >= 0.3 is 0 Å². The van der Waals surface area contributed by atoms with Gasteiger partial charge in [0, 0.05) is 5.08 Å². The van der Waals surface area contributed by atoms with Gasteiger partial charge in [-0.3, -0.25) is 0 Å². The lowest BCUT2D eigenvalue weighted by atomic mass is 10.7. The van der Waals surface area contributed by atoms with Crippen molar-refractivity contribution in [1.82, 2.24) is 0 Å². The predicted octanol–water partition coefficient (Wildman–Crippen LogP) is 2.26. The zero-order valence-corrected chi connectivity index (χ0v) is 5.91. The van der Waals surface area contributed by atoms with Crippen molar-refractivity contribution in [3.63, 3.8) is 0 Å². The van der Waals surface area contributed by atoms with Gasteiger partial charge in [-0.2, -0.15) is 12.6 Å². The summed E-state index contributed by atoms with van der Waals surface area (Å²) in [6.07, 6.45) is 1.66. The van der Waals surface area contributed by atoms with Crippen LogP contribution in [0.5, 0.6) is 0 Å². The lowest BCUT2D eigenvalue weighted by Crippen LogP contribution is -1.58. The molecule has 0 bridgehead atoms. The molecular weight excluding hydrogens is 140 g/mol. The maximum absolute atomic E-state index is 4.99. The van der Waals surface area contributed by atoms with Crippen LogP contribution < -0.4 is 0 Å². The first-order chi connectivity index (χ1) is 3.93. The molecule has 0 unspecified atom stereocenters. The lowest BCUT2D eigenvalue weighted by Gasteiger charge is -1.85. The van der Waals surface area contributed by atoms with E-state index in [1.54, 1.807) is 18.0 Å². The highest BCUT2D eigenvalue weighted by molar-refractivity contribution is 8.09. The van der Waals surface area contributed by atoms with Gasteiger partial charge in [-0.25, -0.2) is 0 Å². The Morgan fingerprint density at radius 3 is 3.12 bits per heavy atom. The van der Waals surface area contributed by atoms with Crippen molar-refractivity contribution in [2.75, 3.05) is 5.08 Å². The molecule has 0 amide bonds. The number of rotatable bonds is 2. The van der Waals surface area contributed by atoms with E-state index in [9.17, 15) is 0 Å². The Labute approximate surface area is 57.9 Å². The molecule has 1 nitrogen and oxygen atoms in total. The summed E-state index contributed by atoms with van der Waals surface area (Å²) in [7, 11) is 0. The van der Waals surface area contributed by atoms with Crippen LogP contribution in [-0.2, 0) is 0 Å². The lowest BCUT2D eigenvalue weighted by molar-refractivity contribution is 0.475. The van der Waals surface area contributed by atoms with Crippen molar-refractivity contribution in [3.05, 3.63) is 18.4 Å². The minimum Gasteiger partial charge on any atom is -0.458 e. The van der Waals surface area contributed by atoms with Crippen LogP contribution in [0.3, 0.4) is 0 Å². The first kappa shape index (κ1) is 6.11. The van der Waals surface area contributed by atoms with Gasteiger partial charge in [0.05, 0.1) is 6.26 Å². The quantitative estimate of drug-likeness (QED) is 0.390. The highest BCUT2D eigenvalue weighted by Crippen LogP contribution is 2.17. The Bertz CT molecular complexity index is 136. The van der Waals surface area contributed by atoms with E-state index in [0.717, 1.165) is 10.2 Å². The molecular formula is C5H6OS2. The summed E-state index contributed by atoms with van der Waals surface area (Å²) in [6.45, 7) is 0. The molecule has 1 rings (SSSR count). The molecule has 0 saturated carbocycles. The van der Waals surface area contributed by atoms with Gasteiger partial charge in [0.2, 0.25) is 0 Å². The number of hydrogen-bond donors (Lipinski definition) is 1. The molecule has 1 aromatic heterocycles. The minimum atomic E-state index is 0.771. The molecule has 3 heteroatoms. The van der Waals surface area contributed by atoms with Crippen molar-refractivity contribution < 1.29 is 4.42 Å². The summed E-state index contributed by atoms with van der Waals surface area (Å²) >= 11 is 5.59. The molecule has 0 aliphatic rings. The third kappa shape index (κ3) is 1.49. The van der Waals surface area contributed by atoms with E-state index in [2.05, 4.69) is 12.6 Å². The number of thioether (sulfide) groups is 1. The average molecular weight is 146 g/mol. The van der Waals surface area contributed by atoms with Crippen LogP contribution in [0.25, 0.3) is 0 Å². The van der Waals surface area contributed by atoms with Gasteiger partial charge < -0.3 is 4.42 Å². The fraction of sp³-hybridized carbons (Fsp3) is 0.200. The van der Waals surface area contributed by atoms with Crippen molar-refractivity contribution >= 4 is 24.4 Å². The number of hydrogen-bond acceptors (Lipinski definition) is 3. The van der Waals surface area contributed by atoms with Crippen LogP contribution in [0.15, 0.2) is 27.9 Å². The fourth-order valence-electron chi connectivity index (χ4n) is 0.409. The largest absolute Gasteiger partial charge is 0.458 e. The molecule has 8 heavy (non-hydrogen) atoms. The Hall–Kier alpha value is -0.0200. The normalized spacial score (nSPS) is 9.62. The van der Waals surface area contributed by atoms with E-state index in [1.807, 2.05) is 12.1 Å². The number of furan rings is 1. The second-order valence-electron chi connectivity index (χ2n) is 1.21. The van der Waals surface area contributed by atoms with E-state index in [-0.39, 0.29) is 0 Å². The zero-order chi connectivity index (χ0) is 5.82. The summed E-state index contributed by atoms with van der Waals surface area (Å²) in [5.74, 6) is 0. The molecule has 1 aromatic rings. The Morgan fingerprint density at radius 2 is 2.62 bits per heavy atom. The molecule has 0 aliphatic heterocycles. The highest BCUT2D eigenvalue weighted by atomic mass is 32.2. The summed E-state index contributed by atoms with van der Waals surface area (Å²) in [4.78, 5) is 0. The fourth-order valence-corrected chi connectivity index (χ4v) is 1.22. The molecule has 0 atom stereocenters. The average Bonchev–Trinajstić information content (AvgIpc) is 2.19. The van der Waals surface area contributed by atoms with Gasteiger partial charge in [-0.05, 0) is 12.1 Å². The molecule has 0 saturated heterocycles. The van der Waals surface area contributed by atoms with Gasteiger partial charge in [0.1, 0.15) is 0 Å². The highest BCUT2D eigenvalue weighted by Gasteiger charge is 1.89. The van der Waals surface area contributed by atoms with Crippen LogP contribution in [0, 0.1) is 0 Å². The van der Waals surface area contributed by atoms with E-state index in [4.69, 9.17) is 4.42 Å². The molecule has 0 aliphatic carbocycles. The summed E-state index contributed by atoms with van der Waals surface area (Å²) in [6, 6.07) is 3.78. The van der Waals surface area contributed by atoms with Crippen molar-refractivity contribution in [1.29, 1.82) is 0 Å². The topological polar surface area (TPSA) is 13.1 Å². The predicted molar refractivity (Wildman–Crippen MR) is 38.4 cm³/mol. The summed E-state index contributed by atoms with van der Waals surface area (Å²) in [5.41, 5.74) is 0. The maximum atomic E-state index is 4.99. The minimum absolute atomic E-state index is 0.771. The van der Waals surface area contributed by atoms with Crippen LogP contribution in [0.2, 0.25) is 0 Å². The van der Waals surface area contributed by atoms with Crippen LogP contribution >= 0.6 is 24.4 Å². The van der Waals surface area contributed by atoms with Gasteiger partial charge in [0.15, 0.2) is 5.09 Å². The van der Waals surface area contributed by atoms with E-state index in [0.29, 0.717) is 0 Å². The zero-order valence-electron chi connectivity index (χ0n) is 4.20. The first-order valence-electron chi connectivity index (χ1n) is 2.20.